The number of rotatable bonds is 3. The highest BCUT2D eigenvalue weighted by atomic mass is 15.2. The zero-order valence-corrected chi connectivity index (χ0v) is 10.7. The van der Waals surface area contributed by atoms with E-state index in [2.05, 4.69) is 20.3 Å². The van der Waals surface area contributed by atoms with Crippen LogP contribution in [0.2, 0.25) is 0 Å². The van der Waals surface area contributed by atoms with Crippen LogP contribution in [0.1, 0.15) is 5.69 Å². The lowest BCUT2D eigenvalue weighted by atomic mass is 10.3. The number of nitrogens with zero attached hydrogens (tertiary/aromatic N) is 4. The topological polar surface area (TPSA) is 80.0 Å². The SMILES string of the molecule is Cc1cccc(Nc2ncnc(N(C)C)c2N)n1. The van der Waals surface area contributed by atoms with Crippen LogP contribution in [-0.2, 0) is 0 Å². The van der Waals surface area contributed by atoms with Gasteiger partial charge in [-0.25, -0.2) is 15.0 Å². The lowest BCUT2D eigenvalue weighted by Gasteiger charge is -2.15. The first-order valence-electron chi connectivity index (χ1n) is 5.56. The predicted molar refractivity (Wildman–Crippen MR) is 73.0 cm³/mol. The number of pyridine rings is 1. The molecule has 0 saturated heterocycles. The van der Waals surface area contributed by atoms with Gasteiger partial charge >= 0.3 is 0 Å². The Morgan fingerprint density at radius 2 is 2.00 bits per heavy atom. The third kappa shape index (κ3) is 2.48. The third-order valence-electron chi connectivity index (χ3n) is 2.42. The second-order valence-electron chi connectivity index (χ2n) is 4.14. The molecule has 0 unspecified atom stereocenters. The maximum absolute atomic E-state index is 6.01. The maximum Gasteiger partial charge on any atom is 0.160 e. The second-order valence-corrected chi connectivity index (χ2v) is 4.14. The van der Waals surface area contributed by atoms with Gasteiger partial charge < -0.3 is 16.0 Å². The number of nitrogen functional groups attached to an aromatic ring is 1. The van der Waals surface area contributed by atoms with Crippen LogP contribution in [0.4, 0.5) is 23.1 Å². The van der Waals surface area contributed by atoms with Gasteiger partial charge in [0.05, 0.1) is 0 Å². The molecule has 0 aliphatic heterocycles. The van der Waals surface area contributed by atoms with Gasteiger partial charge in [0.15, 0.2) is 11.6 Å². The summed E-state index contributed by atoms with van der Waals surface area (Å²) < 4.78 is 0. The molecule has 0 radical (unpaired) electrons. The molecule has 0 aromatic carbocycles. The normalized spacial score (nSPS) is 10.2. The quantitative estimate of drug-likeness (QED) is 0.853. The first kappa shape index (κ1) is 12.1. The minimum atomic E-state index is 0.505. The van der Waals surface area contributed by atoms with E-state index >= 15 is 0 Å². The average molecular weight is 244 g/mol. The fourth-order valence-electron chi connectivity index (χ4n) is 1.58. The predicted octanol–water partition coefficient (Wildman–Crippen LogP) is 1.57. The fraction of sp³-hybridized carbons (Fsp3) is 0.250. The van der Waals surface area contributed by atoms with Crippen LogP contribution >= 0.6 is 0 Å². The van der Waals surface area contributed by atoms with E-state index in [-0.39, 0.29) is 0 Å². The molecule has 6 nitrogen and oxygen atoms in total. The number of nitrogens with one attached hydrogen (secondary N) is 1. The summed E-state index contributed by atoms with van der Waals surface area (Å²) in [4.78, 5) is 14.4. The van der Waals surface area contributed by atoms with Gasteiger partial charge in [-0.3, -0.25) is 0 Å². The molecule has 18 heavy (non-hydrogen) atoms. The number of hydrogen-bond acceptors (Lipinski definition) is 6. The van der Waals surface area contributed by atoms with Crippen molar-refractivity contribution in [1.82, 2.24) is 15.0 Å². The van der Waals surface area contributed by atoms with Gasteiger partial charge in [0.2, 0.25) is 0 Å². The van der Waals surface area contributed by atoms with E-state index in [0.29, 0.717) is 23.1 Å². The van der Waals surface area contributed by atoms with Crippen molar-refractivity contribution >= 4 is 23.1 Å². The van der Waals surface area contributed by atoms with Gasteiger partial charge in [0.1, 0.15) is 17.8 Å². The first-order valence-corrected chi connectivity index (χ1v) is 5.56. The van der Waals surface area contributed by atoms with Gasteiger partial charge in [0, 0.05) is 19.8 Å². The van der Waals surface area contributed by atoms with Crippen molar-refractivity contribution in [3.63, 3.8) is 0 Å². The van der Waals surface area contributed by atoms with Gasteiger partial charge in [-0.1, -0.05) is 6.07 Å². The van der Waals surface area contributed by atoms with E-state index in [1.54, 1.807) is 0 Å². The Balaban J connectivity index is 2.32. The maximum atomic E-state index is 6.01. The molecule has 0 amide bonds. The Hall–Kier alpha value is -2.37. The van der Waals surface area contributed by atoms with Crippen LogP contribution in [-0.4, -0.2) is 29.0 Å². The summed E-state index contributed by atoms with van der Waals surface area (Å²) in [6.07, 6.45) is 1.48. The van der Waals surface area contributed by atoms with E-state index in [4.69, 9.17) is 5.73 Å². The fourth-order valence-corrected chi connectivity index (χ4v) is 1.58. The van der Waals surface area contributed by atoms with Crippen LogP contribution in [0.15, 0.2) is 24.5 Å². The van der Waals surface area contributed by atoms with Crippen molar-refractivity contribution in [2.75, 3.05) is 30.0 Å². The molecular formula is C12H16N6. The Labute approximate surface area is 106 Å². The molecule has 0 saturated carbocycles. The highest BCUT2D eigenvalue weighted by Gasteiger charge is 2.09. The van der Waals surface area contributed by atoms with Crippen molar-refractivity contribution in [2.24, 2.45) is 0 Å². The standard InChI is InChI=1S/C12H16N6/c1-8-5-4-6-9(16-8)17-11-10(13)12(18(2)3)15-7-14-11/h4-7H,13H2,1-3H3,(H,14,15,16,17). The van der Waals surface area contributed by atoms with Crippen LogP contribution < -0.4 is 16.0 Å². The minimum Gasteiger partial charge on any atom is -0.393 e. The molecule has 2 rings (SSSR count). The van der Waals surface area contributed by atoms with Gasteiger partial charge in [-0.05, 0) is 19.1 Å². The number of hydrogen-bond donors (Lipinski definition) is 2. The summed E-state index contributed by atoms with van der Waals surface area (Å²) in [6, 6.07) is 5.72. The van der Waals surface area contributed by atoms with E-state index in [1.807, 2.05) is 44.1 Å². The Morgan fingerprint density at radius 3 is 2.67 bits per heavy atom. The van der Waals surface area contributed by atoms with E-state index in [1.165, 1.54) is 6.33 Å². The molecule has 0 bridgehead atoms. The molecular weight excluding hydrogens is 228 g/mol. The molecule has 0 aliphatic rings. The molecule has 0 aliphatic carbocycles. The minimum absolute atomic E-state index is 0.505. The summed E-state index contributed by atoms with van der Waals surface area (Å²) in [5.41, 5.74) is 7.45. The number of aryl methyl sites for hydroxylation is 1. The summed E-state index contributed by atoms with van der Waals surface area (Å²) in [6.45, 7) is 1.93. The lowest BCUT2D eigenvalue weighted by Crippen LogP contribution is -2.14. The average Bonchev–Trinajstić information content (AvgIpc) is 2.31. The summed E-state index contributed by atoms with van der Waals surface area (Å²) in [5, 5.41) is 3.09. The second kappa shape index (κ2) is 4.87. The van der Waals surface area contributed by atoms with Gasteiger partial charge in [-0.2, -0.15) is 0 Å². The molecule has 6 heteroatoms. The van der Waals surface area contributed by atoms with E-state index in [9.17, 15) is 0 Å². The van der Waals surface area contributed by atoms with Crippen LogP contribution in [0.25, 0.3) is 0 Å². The molecule has 0 atom stereocenters. The third-order valence-corrected chi connectivity index (χ3v) is 2.42. The molecule has 3 N–H and O–H groups in total. The monoisotopic (exact) mass is 244 g/mol. The molecule has 2 aromatic rings. The van der Waals surface area contributed by atoms with Gasteiger partial charge in [0.25, 0.3) is 0 Å². The van der Waals surface area contributed by atoms with Crippen LogP contribution in [0.3, 0.4) is 0 Å². The highest BCUT2D eigenvalue weighted by molar-refractivity contribution is 5.77. The van der Waals surface area contributed by atoms with Crippen molar-refractivity contribution < 1.29 is 0 Å². The van der Waals surface area contributed by atoms with Crippen molar-refractivity contribution in [1.29, 1.82) is 0 Å². The first-order chi connectivity index (χ1) is 8.58. The highest BCUT2D eigenvalue weighted by Crippen LogP contribution is 2.26. The van der Waals surface area contributed by atoms with Crippen LogP contribution in [0, 0.1) is 6.92 Å². The number of nitrogens with two attached hydrogens (primary N) is 1. The van der Waals surface area contributed by atoms with E-state index < -0.39 is 0 Å². The Bertz CT molecular complexity index is 552. The zero-order chi connectivity index (χ0) is 13.1. The summed E-state index contributed by atoms with van der Waals surface area (Å²) >= 11 is 0. The number of anilines is 4. The molecule has 0 fully saturated rings. The van der Waals surface area contributed by atoms with Crippen LogP contribution in [0.5, 0.6) is 0 Å². The molecule has 2 aromatic heterocycles. The summed E-state index contributed by atoms with van der Waals surface area (Å²) in [5.74, 6) is 1.96. The Morgan fingerprint density at radius 1 is 1.22 bits per heavy atom. The summed E-state index contributed by atoms with van der Waals surface area (Å²) in [7, 11) is 3.76. The number of aromatic nitrogens is 3. The lowest BCUT2D eigenvalue weighted by molar-refractivity contribution is 1.04. The zero-order valence-electron chi connectivity index (χ0n) is 10.7. The molecule has 2 heterocycles. The van der Waals surface area contributed by atoms with Gasteiger partial charge in [-0.15, -0.1) is 0 Å². The smallest absolute Gasteiger partial charge is 0.160 e. The molecule has 0 spiro atoms. The van der Waals surface area contributed by atoms with Crippen molar-refractivity contribution in [3.8, 4) is 0 Å². The van der Waals surface area contributed by atoms with Crippen molar-refractivity contribution in [2.45, 2.75) is 6.92 Å². The largest absolute Gasteiger partial charge is 0.393 e. The van der Waals surface area contributed by atoms with E-state index in [0.717, 1.165) is 5.69 Å². The molecule has 94 valence electrons. The van der Waals surface area contributed by atoms with Crippen molar-refractivity contribution in [3.05, 3.63) is 30.2 Å². The Kier molecular flexibility index (Phi) is 3.27.